The highest BCUT2D eigenvalue weighted by atomic mass is 32.2. The molecule has 0 bridgehead atoms. The second-order valence-electron chi connectivity index (χ2n) is 7.60. The lowest BCUT2D eigenvalue weighted by atomic mass is 10.1. The largest absolute Gasteiger partial charge is 0.494 e. The van der Waals surface area contributed by atoms with E-state index in [0.717, 1.165) is 11.3 Å². The van der Waals surface area contributed by atoms with E-state index >= 15 is 0 Å². The number of anilines is 1. The number of carbonyl (C=O) groups is 1. The summed E-state index contributed by atoms with van der Waals surface area (Å²) in [4.78, 5) is 30.5. The molecule has 4 aromatic rings. The van der Waals surface area contributed by atoms with Crippen molar-refractivity contribution >= 4 is 34.4 Å². The molecule has 9 heteroatoms. The Hall–Kier alpha value is -3.59. The first-order valence-corrected chi connectivity index (χ1v) is 12.2. The highest BCUT2D eigenvalue weighted by Gasteiger charge is 2.16. The van der Waals surface area contributed by atoms with Crippen molar-refractivity contribution in [3.8, 4) is 5.75 Å². The van der Waals surface area contributed by atoms with Crippen LogP contribution in [0.4, 0.5) is 5.69 Å². The summed E-state index contributed by atoms with van der Waals surface area (Å²) in [7, 11) is 0. The lowest BCUT2D eigenvalue weighted by Gasteiger charge is -2.12. The number of fused-ring (bicyclic) bond motifs is 1. The number of aromatic nitrogens is 4. The van der Waals surface area contributed by atoms with E-state index in [4.69, 9.17) is 4.74 Å². The molecule has 0 aliphatic rings. The maximum atomic E-state index is 13.2. The molecule has 0 saturated carbocycles. The van der Waals surface area contributed by atoms with E-state index in [1.807, 2.05) is 56.3 Å². The van der Waals surface area contributed by atoms with Crippen molar-refractivity contribution < 1.29 is 9.53 Å². The zero-order chi connectivity index (χ0) is 23.9. The molecule has 34 heavy (non-hydrogen) atoms. The van der Waals surface area contributed by atoms with Crippen molar-refractivity contribution in [2.24, 2.45) is 0 Å². The van der Waals surface area contributed by atoms with E-state index in [2.05, 4.69) is 15.4 Å². The van der Waals surface area contributed by atoms with Gasteiger partial charge in [-0.2, -0.15) is 5.10 Å². The van der Waals surface area contributed by atoms with Gasteiger partial charge < -0.3 is 10.1 Å². The molecule has 176 valence electrons. The third-order valence-electron chi connectivity index (χ3n) is 5.21. The van der Waals surface area contributed by atoms with Gasteiger partial charge in [0.25, 0.3) is 5.56 Å². The van der Waals surface area contributed by atoms with Crippen LogP contribution < -0.4 is 15.6 Å². The minimum absolute atomic E-state index is 0.123. The first-order valence-electron chi connectivity index (χ1n) is 11.2. The van der Waals surface area contributed by atoms with Crippen LogP contribution in [0.5, 0.6) is 5.75 Å². The molecule has 0 aliphatic carbocycles. The molecule has 2 aromatic heterocycles. The number of ether oxygens (including phenoxy) is 1. The molecule has 0 unspecified atom stereocenters. The van der Waals surface area contributed by atoms with Crippen molar-refractivity contribution in [1.29, 1.82) is 0 Å². The van der Waals surface area contributed by atoms with E-state index in [1.54, 1.807) is 27.6 Å². The third-order valence-corrected chi connectivity index (χ3v) is 6.19. The number of nitrogens with zero attached hydrogens (tertiary/aromatic N) is 4. The maximum Gasteiger partial charge on any atom is 0.282 e. The predicted molar refractivity (Wildman–Crippen MR) is 135 cm³/mol. The normalized spacial score (nSPS) is 11.0. The van der Waals surface area contributed by atoms with Crippen molar-refractivity contribution in [2.75, 3.05) is 17.7 Å². The summed E-state index contributed by atoms with van der Waals surface area (Å²) in [5.74, 6) is 0.697. The molecule has 2 heterocycles. The van der Waals surface area contributed by atoms with Crippen LogP contribution >= 0.6 is 11.8 Å². The van der Waals surface area contributed by atoms with Crippen LogP contribution in [0.25, 0.3) is 11.0 Å². The smallest absolute Gasteiger partial charge is 0.282 e. The standard InChI is InChI=1S/C25H27N5O3S/c1-3-29-16-21-23(28-29)24(32)30(15-14-18-8-6-5-7-9-18)25(27-21)34-17-22(31)26-19-10-12-20(13-11-19)33-4-2/h5-13,16H,3-4,14-15,17H2,1-2H3,(H,26,31). The summed E-state index contributed by atoms with van der Waals surface area (Å²) in [6.45, 7) is 5.56. The molecule has 0 fully saturated rings. The molecule has 0 spiro atoms. The lowest BCUT2D eigenvalue weighted by molar-refractivity contribution is -0.113. The fourth-order valence-electron chi connectivity index (χ4n) is 3.51. The average Bonchev–Trinajstić information content (AvgIpc) is 3.28. The van der Waals surface area contributed by atoms with Crippen LogP contribution in [-0.2, 0) is 24.3 Å². The Labute approximate surface area is 202 Å². The number of aryl methyl sites for hydroxylation is 2. The van der Waals surface area contributed by atoms with Gasteiger partial charge in [0, 0.05) is 18.8 Å². The molecule has 0 aliphatic heterocycles. The zero-order valence-electron chi connectivity index (χ0n) is 19.2. The Morgan fingerprint density at radius 3 is 2.56 bits per heavy atom. The molecule has 0 atom stereocenters. The minimum Gasteiger partial charge on any atom is -0.494 e. The van der Waals surface area contributed by atoms with E-state index in [-0.39, 0.29) is 17.2 Å². The molecule has 1 N–H and O–H groups in total. The Morgan fingerprint density at radius 2 is 1.85 bits per heavy atom. The lowest BCUT2D eigenvalue weighted by Crippen LogP contribution is -2.25. The summed E-state index contributed by atoms with van der Waals surface area (Å²) >= 11 is 1.24. The second-order valence-corrected chi connectivity index (χ2v) is 8.54. The number of rotatable bonds is 10. The van der Waals surface area contributed by atoms with Crippen molar-refractivity contribution in [1.82, 2.24) is 19.3 Å². The summed E-state index contributed by atoms with van der Waals surface area (Å²) in [5.41, 5.74) is 2.50. The van der Waals surface area contributed by atoms with Crippen molar-refractivity contribution in [2.45, 2.75) is 38.5 Å². The fraction of sp³-hybridized carbons (Fsp3) is 0.280. The number of amides is 1. The highest BCUT2D eigenvalue weighted by molar-refractivity contribution is 7.99. The zero-order valence-corrected chi connectivity index (χ0v) is 20.0. The van der Waals surface area contributed by atoms with E-state index in [9.17, 15) is 9.59 Å². The fourth-order valence-corrected chi connectivity index (χ4v) is 4.33. The number of thioether (sulfide) groups is 1. The summed E-state index contributed by atoms with van der Waals surface area (Å²) in [5, 5.41) is 7.76. The quantitative estimate of drug-likeness (QED) is 0.274. The van der Waals surface area contributed by atoms with Gasteiger partial charge in [-0.3, -0.25) is 18.8 Å². The van der Waals surface area contributed by atoms with Crippen LogP contribution in [0.2, 0.25) is 0 Å². The van der Waals surface area contributed by atoms with Crippen LogP contribution in [0.3, 0.4) is 0 Å². The van der Waals surface area contributed by atoms with Gasteiger partial charge in [0.2, 0.25) is 5.91 Å². The number of hydrogen-bond donors (Lipinski definition) is 1. The molecule has 8 nitrogen and oxygen atoms in total. The van der Waals surface area contributed by atoms with Crippen LogP contribution in [0, 0.1) is 0 Å². The minimum atomic E-state index is -0.192. The number of carbonyl (C=O) groups excluding carboxylic acids is 1. The van der Waals surface area contributed by atoms with Gasteiger partial charge in [-0.15, -0.1) is 0 Å². The first-order chi connectivity index (χ1) is 16.6. The van der Waals surface area contributed by atoms with E-state index in [0.29, 0.717) is 48.0 Å². The van der Waals surface area contributed by atoms with Crippen molar-refractivity contribution in [3.05, 3.63) is 76.7 Å². The second kappa shape index (κ2) is 11.0. The SMILES string of the molecule is CCOc1ccc(NC(=O)CSc2nc3cn(CC)nc3c(=O)n2CCc2ccccc2)cc1. The van der Waals surface area contributed by atoms with E-state index in [1.165, 1.54) is 11.8 Å². The van der Waals surface area contributed by atoms with Gasteiger partial charge in [0.1, 0.15) is 11.3 Å². The highest BCUT2D eigenvalue weighted by Crippen LogP contribution is 2.20. The van der Waals surface area contributed by atoms with Gasteiger partial charge in [0.15, 0.2) is 10.7 Å². The third kappa shape index (κ3) is 5.66. The molecular weight excluding hydrogens is 450 g/mol. The Balaban J connectivity index is 1.52. The summed E-state index contributed by atoms with van der Waals surface area (Å²) in [6, 6.07) is 17.2. The van der Waals surface area contributed by atoms with Crippen LogP contribution in [0.15, 0.2) is 70.7 Å². The molecule has 1 amide bonds. The van der Waals surface area contributed by atoms with Gasteiger partial charge in [-0.25, -0.2) is 4.98 Å². The Bertz CT molecular complexity index is 1320. The molecule has 0 saturated heterocycles. The van der Waals surface area contributed by atoms with Gasteiger partial charge >= 0.3 is 0 Å². The Morgan fingerprint density at radius 1 is 1.09 bits per heavy atom. The molecule has 4 rings (SSSR count). The maximum absolute atomic E-state index is 13.2. The summed E-state index contributed by atoms with van der Waals surface area (Å²) in [6.07, 6.45) is 2.44. The Kier molecular flexibility index (Phi) is 7.64. The predicted octanol–water partition coefficient (Wildman–Crippen LogP) is 3.99. The van der Waals surface area contributed by atoms with Gasteiger partial charge in [-0.1, -0.05) is 42.1 Å². The first kappa shape index (κ1) is 23.6. The topological polar surface area (TPSA) is 91.0 Å². The van der Waals surface area contributed by atoms with Gasteiger partial charge in [-0.05, 0) is 50.1 Å². The number of benzene rings is 2. The van der Waals surface area contributed by atoms with Crippen molar-refractivity contribution in [3.63, 3.8) is 0 Å². The monoisotopic (exact) mass is 477 g/mol. The average molecular weight is 478 g/mol. The number of nitrogens with one attached hydrogen (secondary N) is 1. The van der Waals surface area contributed by atoms with Gasteiger partial charge in [0.05, 0.1) is 18.6 Å². The van der Waals surface area contributed by atoms with E-state index < -0.39 is 0 Å². The molecule has 2 aromatic carbocycles. The van der Waals surface area contributed by atoms with Crippen LogP contribution in [0.1, 0.15) is 19.4 Å². The van der Waals surface area contributed by atoms with Crippen LogP contribution in [-0.4, -0.2) is 37.6 Å². The molecular formula is C25H27N5O3S. The summed E-state index contributed by atoms with van der Waals surface area (Å²) < 4.78 is 8.76. The molecule has 0 radical (unpaired) electrons. The number of hydrogen-bond acceptors (Lipinski definition) is 6.